The van der Waals surface area contributed by atoms with Gasteiger partial charge in [-0.1, -0.05) is 6.42 Å². The van der Waals surface area contributed by atoms with Crippen LogP contribution >= 0.6 is 24.8 Å². The molecule has 2 aliphatic rings. The zero-order valence-electron chi connectivity index (χ0n) is 12.7. The van der Waals surface area contributed by atoms with E-state index in [9.17, 15) is 4.79 Å². The first-order valence-corrected chi connectivity index (χ1v) is 7.48. The Morgan fingerprint density at radius 2 is 1.82 bits per heavy atom. The van der Waals surface area contributed by atoms with Gasteiger partial charge in [0.25, 0.3) is 5.91 Å². The summed E-state index contributed by atoms with van der Waals surface area (Å²) in [6, 6.07) is 0.566. The van der Waals surface area contributed by atoms with E-state index in [2.05, 4.69) is 15.3 Å². The van der Waals surface area contributed by atoms with Crippen LogP contribution in [0.5, 0.6) is 0 Å². The predicted molar refractivity (Wildman–Crippen MR) is 90.6 cm³/mol. The molecule has 1 aromatic heterocycles. The van der Waals surface area contributed by atoms with Crippen LogP contribution in [0.4, 0.5) is 0 Å². The SMILES string of the molecule is Cc1cnc(C(=O)NC2C3CCCC2CC(N)C3)cn1.Cl.Cl. The fraction of sp³-hybridized carbons (Fsp3) is 0.667. The van der Waals surface area contributed by atoms with E-state index < -0.39 is 0 Å². The number of nitrogens with zero attached hydrogens (tertiary/aromatic N) is 2. The number of hydrogen-bond acceptors (Lipinski definition) is 4. The van der Waals surface area contributed by atoms with Crippen molar-refractivity contribution in [2.24, 2.45) is 17.6 Å². The van der Waals surface area contributed by atoms with Crippen molar-refractivity contribution in [1.29, 1.82) is 0 Å². The molecule has 1 aromatic rings. The molecule has 1 amide bonds. The molecule has 2 unspecified atom stereocenters. The van der Waals surface area contributed by atoms with Crippen LogP contribution in [0.2, 0.25) is 0 Å². The van der Waals surface area contributed by atoms with Crippen LogP contribution in [0, 0.1) is 18.8 Å². The molecule has 2 aliphatic carbocycles. The van der Waals surface area contributed by atoms with Crippen LogP contribution in [0.1, 0.15) is 48.3 Å². The molecule has 22 heavy (non-hydrogen) atoms. The number of amides is 1. The average molecular weight is 347 g/mol. The summed E-state index contributed by atoms with van der Waals surface area (Å²) >= 11 is 0. The van der Waals surface area contributed by atoms with E-state index in [1.807, 2.05) is 6.92 Å². The van der Waals surface area contributed by atoms with Gasteiger partial charge >= 0.3 is 0 Å². The van der Waals surface area contributed by atoms with Crippen LogP contribution < -0.4 is 11.1 Å². The summed E-state index contributed by atoms with van der Waals surface area (Å²) in [6.45, 7) is 1.86. The third-order valence-electron chi connectivity index (χ3n) is 4.69. The highest BCUT2D eigenvalue weighted by molar-refractivity contribution is 5.92. The Labute approximate surface area is 143 Å². The number of nitrogens with two attached hydrogens (primary N) is 1. The van der Waals surface area contributed by atoms with Crippen LogP contribution in [0.3, 0.4) is 0 Å². The third-order valence-corrected chi connectivity index (χ3v) is 4.69. The lowest BCUT2D eigenvalue weighted by atomic mass is 9.67. The van der Waals surface area contributed by atoms with Gasteiger partial charge in [0, 0.05) is 18.3 Å². The highest BCUT2D eigenvalue weighted by atomic mass is 35.5. The lowest BCUT2D eigenvalue weighted by Gasteiger charge is -2.45. The van der Waals surface area contributed by atoms with Crippen molar-refractivity contribution in [3.63, 3.8) is 0 Å². The summed E-state index contributed by atoms with van der Waals surface area (Å²) in [4.78, 5) is 20.6. The number of carbonyl (C=O) groups excluding carboxylic acids is 1. The number of fused-ring (bicyclic) bond motifs is 2. The molecule has 0 spiro atoms. The van der Waals surface area contributed by atoms with Gasteiger partial charge in [0.2, 0.25) is 0 Å². The predicted octanol–water partition coefficient (Wildman–Crippen LogP) is 2.26. The van der Waals surface area contributed by atoms with Gasteiger partial charge in [-0.2, -0.15) is 0 Å². The van der Waals surface area contributed by atoms with E-state index in [0.29, 0.717) is 23.6 Å². The fourth-order valence-electron chi connectivity index (χ4n) is 3.76. The molecule has 2 fully saturated rings. The lowest BCUT2D eigenvalue weighted by molar-refractivity contribution is 0.0751. The van der Waals surface area contributed by atoms with Gasteiger partial charge in [-0.25, -0.2) is 4.98 Å². The molecule has 1 heterocycles. The van der Waals surface area contributed by atoms with E-state index in [1.54, 1.807) is 12.4 Å². The first kappa shape index (κ1) is 19.1. The monoisotopic (exact) mass is 346 g/mol. The van der Waals surface area contributed by atoms with E-state index >= 15 is 0 Å². The molecular weight excluding hydrogens is 323 g/mol. The van der Waals surface area contributed by atoms with E-state index in [1.165, 1.54) is 19.3 Å². The van der Waals surface area contributed by atoms with E-state index in [4.69, 9.17) is 5.73 Å². The molecular formula is C15H24Cl2N4O. The highest BCUT2D eigenvalue weighted by Gasteiger charge is 2.40. The zero-order valence-corrected chi connectivity index (χ0v) is 14.3. The zero-order chi connectivity index (χ0) is 14.1. The standard InChI is InChI=1S/C15H22N4O.2ClH/c1-9-7-18-13(8-17-9)15(20)19-14-10-3-2-4-11(14)6-12(16)5-10;;/h7-8,10-12,14H,2-6,16H2,1H3,(H,19,20);2*1H. The molecule has 5 nitrogen and oxygen atoms in total. The van der Waals surface area contributed by atoms with Gasteiger partial charge in [-0.3, -0.25) is 9.78 Å². The minimum atomic E-state index is -0.102. The normalized spacial score (nSPS) is 29.7. The number of nitrogens with one attached hydrogen (secondary N) is 1. The molecule has 124 valence electrons. The first-order chi connectivity index (χ1) is 9.63. The Balaban J connectivity index is 0.00000121. The van der Waals surface area contributed by atoms with Gasteiger partial charge in [0.05, 0.1) is 11.9 Å². The van der Waals surface area contributed by atoms with Crippen LogP contribution in [0.25, 0.3) is 0 Å². The number of rotatable bonds is 2. The second kappa shape index (κ2) is 8.09. The fourth-order valence-corrected chi connectivity index (χ4v) is 3.76. The third kappa shape index (κ3) is 4.09. The molecule has 0 aromatic carbocycles. The molecule has 0 aliphatic heterocycles. The number of carbonyl (C=O) groups is 1. The maximum atomic E-state index is 12.3. The summed E-state index contributed by atoms with van der Waals surface area (Å²) in [5.74, 6) is 0.953. The number of hydrogen-bond donors (Lipinski definition) is 2. The van der Waals surface area contributed by atoms with Crippen molar-refractivity contribution in [2.75, 3.05) is 0 Å². The van der Waals surface area contributed by atoms with Gasteiger partial charge in [0.1, 0.15) is 5.69 Å². The minimum absolute atomic E-state index is 0. The largest absolute Gasteiger partial charge is 0.347 e. The Morgan fingerprint density at radius 3 is 2.36 bits per heavy atom. The summed E-state index contributed by atoms with van der Waals surface area (Å²) in [5.41, 5.74) is 7.34. The van der Waals surface area contributed by atoms with Crippen molar-refractivity contribution in [3.05, 3.63) is 23.8 Å². The quantitative estimate of drug-likeness (QED) is 0.860. The molecule has 7 heteroatoms. The molecule has 3 rings (SSSR count). The topological polar surface area (TPSA) is 80.9 Å². The Morgan fingerprint density at radius 1 is 1.18 bits per heavy atom. The molecule has 0 saturated heterocycles. The molecule has 2 atom stereocenters. The number of aromatic nitrogens is 2. The number of halogens is 2. The van der Waals surface area contributed by atoms with Gasteiger partial charge < -0.3 is 11.1 Å². The number of aryl methyl sites for hydroxylation is 1. The van der Waals surface area contributed by atoms with E-state index in [0.717, 1.165) is 18.5 Å². The minimum Gasteiger partial charge on any atom is -0.347 e. The van der Waals surface area contributed by atoms with Crippen molar-refractivity contribution in [2.45, 2.75) is 51.1 Å². The van der Waals surface area contributed by atoms with Crippen molar-refractivity contribution >= 4 is 30.7 Å². The molecule has 3 N–H and O–H groups in total. The van der Waals surface area contributed by atoms with E-state index in [-0.39, 0.29) is 36.8 Å². The smallest absolute Gasteiger partial charge is 0.271 e. The highest BCUT2D eigenvalue weighted by Crippen LogP contribution is 2.39. The van der Waals surface area contributed by atoms with Crippen molar-refractivity contribution < 1.29 is 4.79 Å². The van der Waals surface area contributed by atoms with Crippen LogP contribution in [-0.2, 0) is 0 Å². The summed E-state index contributed by atoms with van der Waals surface area (Å²) < 4.78 is 0. The lowest BCUT2D eigenvalue weighted by Crippen LogP contribution is -2.53. The summed E-state index contributed by atoms with van der Waals surface area (Å²) in [7, 11) is 0. The van der Waals surface area contributed by atoms with Crippen LogP contribution in [-0.4, -0.2) is 28.0 Å². The maximum absolute atomic E-state index is 12.3. The Hall–Kier alpha value is -0.910. The van der Waals surface area contributed by atoms with Gasteiger partial charge in [-0.05, 0) is 44.4 Å². The second-order valence-electron chi connectivity index (χ2n) is 6.22. The molecule has 0 radical (unpaired) electrons. The maximum Gasteiger partial charge on any atom is 0.271 e. The van der Waals surface area contributed by atoms with Gasteiger partial charge in [-0.15, -0.1) is 24.8 Å². The van der Waals surface area contributed by atoms with Crippen LogP contribution in [0.15, 0.2) is 12.4 Å². The average Bonchev–Trinajstić information content (AvgIpc) is 2.40. The first-order valence-electron chi connectivity index (χ1n) is 7.48. The van der Waals surface area contributed by atoms with Crippen molar-refractivity contribution in [1.82, 2.24) is 15.3 Å². The Bertz CT molecular complexity index is 483. The summed E-state index contributed by atoms with van der Waals surface area (Å²) in [6.07, 6.45) is 8.85. The van der Waals surface area contributed by atoms with Gasteiger partial charge in [0.15, 0.2) is 0 Å². The Kier molecular flexibility index (Phi) is 7.03. The van der Waals surface area contributed by atoms with Crippen molar-refractivity contribution in [3.8, 4) is 0 Å². The molecule has 2 saturated carbocycles. The summed E-state index contributed by atoms with van der Waals surface area (Å²) in [5, 5.41) is 3.18. The second-order valence-corrected chi connectivity index (χ2v) is 6.22. The molecule has 2 bridgehead atoms.